The highest BCUT2D eigenvalue weighted by atomic mass is 16.5. The van der Waals surface area contributed by atoms with E-state index in [2.05, 4.69) is 62.3 Å². The standard InChI is InChI=1S/C21H38O2/c1-18(2,3)14-10-15(19(4,5)6)12-16(11-14)23-17(22)21(9)13-20(21,7)8/h14-16H,10-13H2,1-9H3. The summed E-state index contributed by atoms with van der Waals surface area (Å²) in [5, 5.41) is 0. The van der Waals surface area contributed by atoms with Crippen LogP contribution in [0, 0.1) is 33.5 Å². The summed E-state index contributed by atoms with van der Waals surface area (Å²) in [7, 11) is 0. The molecule has 0 N–H and O–H groups in total. The van der Waals surface area contributed by atoms with Crippen molar-refractivity contribution in [2.75, 3.05) is 0 Å². The third-order valence-electron chi connectivity index (χ3n) is 7.00. The van der Waals surface area contributed by atoms with E-state index in [-0.39, 0.29) is 33.7 Å². The summed E-state index contributed by atoms with van der Waals surface area (Å²) in [4.78, 5) is 12.7. The van der Waals surface area contributed by atoms with Crippen molar-refractivity contribution in [3.63, 3.8) is 0 Å². The van der Waals surface area contributed by atoms with Crippen LogP contribution in [0.1, 0.15) is 88.0 Å². The quantitative estimate of drug-likeness (QED) is 0.597. The Hall–Kier alpha value is -0.530. The Morgan fingerprint density at radius 1 is 0.870 bits per heavy atom. The summed E-state index contributed by atoms with van der Waals surface area (Å²) < 4.78 is 6.07. The molecule has 2 nitrogen and oxygen atoms in total. The maximum absolute atomic E-state index is 12.7. The molecule has 0 aliphatic heterocycles. The maximum Gasteiger partial charge on any atom is 0.312 e. The van der Waals surface area contributed by atoms with Gasteiger partial charge in [0, 0.05) is 0 Å². The van der Waals surface area contributed by atoms with Gasteiger partial charge in [-0.05, 0) is 60.7 Å². The summed E-state index contributed by atoms with van der Waals surface area (Å²) in [5.41, 5.74) is 0.388. The van der Waals surface area contributed by atoms with Crippen LogP contribution < -0.4 is 0 Å². The lowest BCUT2D eigenvalue weighted by atomic mass is 9.62. The third kappa shape index (κ3) is 3.77. The maximum atomic E-state index is 12.7. The molecule has 0 heterocycles. The van der Waals surface area contributed by atoms with E-state index < -0.39 is 0 Å². The lowest BCUT2D eigenvalue weighted by Crippen LogP contribution is -2.41. The zero-order valence-electron chi connectivity index (χ0n) is 16.9. The molecule has 23 heavy (non-hydrogen) atoms. The molecule has 0 radical (unpaired) electrons. The van der Waals surface area contributed by atoms with Crippen molar-refractivity contribution >= 4 is 5.97 Å². The van der Waals surface area contributed by atoms with Crippen molar-refractivity contribution in [3.05, 3.63) is 0 Å². The van der Waals surface area contributed by atoms with Crippen LogP contribution in [0.25, 0.3) is 0 Å². The first-order valence-electron chi connectivity index (χ1n) is 9.38. The van der Waals surface area contributed by atoms with Crippen LogP contribution in [-0.4, -0.2) is 12.1 Å². The Labute approximate surface area is 143 Å². The minimum absolute atomic E-state index is 0.0368. The average molecular weight is 323 g/mol. The van der Waals surface area contributed by atoms with Gasteiger partial charge in [0.1, 0.15) is 6.10 Å². The highest BCUT2D eigenvalue weighted by Crippen LogP contribution is 2.64. The predicted octanol–water partition coefficient (Wildman–Crippen LogP) is 5.84. The topological polar surface area (TPSA) is 26.3 Å². The van der Waals surface area contributed by atoms with Gasteiger partial charge in [0.25, 0.3) is 0 Å². The van der Waals surface area contributed by atoms with Gasteiger partial charge in [0.05, 0.1) is 5.41 Å². The van der Waals surface area contributed by atoms with E-state index in [1.165, 1.54) is 6.42 Å². The zero-order valence-corrected chi connectivity index (χ0v) is 16.9. The van der Waals surface area contributed by atoms with E-state index in [4.69, 9.17) is 4.74 Å². The van der Waals surface area contributed by atoms with Gasteiger partial charge in [-0.25, -0.2) is 0 Å². The van der Waals surface area contributed by atoms with Gasteiger partial charge in [-0.2, -0.15) is 0 Å². The predicted molar refractivity (Wildman–Crippen MR) is 96.1 cm³/mol. The first-order chi connectivity index (χ1) is 10.2. The van der Waals surface area contributed by atoms with Crippen LogP contribution >= 0.6 is 0 Å². The molecule has 134 valence electrons. The first-order valence-corrected chi connectivity index (χ1v) is 9.38. The van der Waals surface area contributed by atoms with E-state index in [0.29, 0.717) is 11.8 Å². The zero-order chi connectivity index (χ0) is 17.8. The van der Waals surface area contributed by atoms with Crippen molar-refractivity contribution in [1.82, 2.24) is 0 Å². The summed E-state index contributed by atoms with van der Waals surface area (Å²) in [6, 6.07) is 0. The largest absolute Gasteiger partial charge is 0.462 e. The van der Waals surface area contributed by atoms with Crippen molar-refractivity contribution in [2.45, 2.75) is 94.1 Å². The monoisotopic (exact) mass is 322 g/mol. The molecule has 0 aromatic rings. The molecule has 0 saturated heterocycles. The Morgan fingerprint density at radius 2 is 1.26 bits per heavy atom. The van der Waals surface area contributed by atoms with Crippen LogP contribution in [0.3, 0.4) is 0 Å². The van der Waals surface area contributed by atoms with Gasteiger partial charge >= 0.3 is 5.97 Å². The molecular formula is C21H38O2. The number of hydrogen-bond acceptors (Lipinski definition) is 2. The number of hydrogen-bond donors (Lipinski definition) is 0. The van der Waals surface area contributed by atoms with E-state index in [1.807, 2.05) is 0 Å². The first kappa shape index (κ1) is 18.8. The van der Waals surface area contributed by atoms with Crippen LogP contribution in [-0.2, 0) is 9.53 Å². The molecule has 0 aromatic heterocycles. The average Bonchev–Trinajstić information content (AvgIpc) is 2.87. The minimum Gasteiger partial charge on any atom is -0.462 e. The van der Waals surface area contributed by atoms with Crippen LogP contribution in [0.15, 0.2) is 0 Å². The summed E-state index contributed by atoms with van der Waals surface area (Å²) in [6.45, 7) is 20.4. The molecule has 2 rings (SSSR count). The van der Waals surface area contributed by atoms with Crippen LogP contribution in [0.2, 0.25) is 0 Å². The fourth-order valence-corrected chi connectivity index (χ4v) is 4.25. The second-order valence-electron chi connectivity index (χ2n) is 11.3. The molecule has 3 unspecified atom stereocenters. The van der Waals surface area contributed by atoms with E-state index in [0.717, 1.165) is 19.3 Å². The normalized spacial score (nSPS) is 37.3. The van der Waals surface area contributed by atoms with E-state index in [1.54, 1.807) is 0 Å². The molecule has 2 aliphatic rings. The molecule has 2 fully saturated rings. The number of esters is 1. The molecular weight excluding hydrogens is 284 g/mol. The van der Waals surface area contributed by atoms with Crippen LogP contribution in [0.4, 0.5) is 0 Å². The summed E-state index contributed by atoms with van der Waals surface area (Å²) >= 11 is 0. The van der Waals surface area contributed by atoms with E-state index in [9.17, 15) is 4.79 Å². The lowest BCUT2D eigenvalue weighted by molar-refractivity contribution is -0.162. The Balaban J connectivity index is 2.10. The second kappa shape index (κ2) is 5.49. The Morgan fingerprint density at radius 3 is 1.57 bits per heavy atom. The van der Waals surface area contributed by atoms with Gasteiger partial charge in [-0.3, -0.25) is 4.79 Å². The van der Waals surface area contributed by atoms with Crippen molar-refractivity contribution in [3.8, 4) is 0 Å². The van der Waals surface area contributed by atoms with Crippen molar-refractivity contribution < 1.29 is 9.53 Å². The van der Waals surface area contributed by atoms with Crippen molar-refractivity contribution in [1.29, 1.82) is 0 Å². The second-order valence-corrected chi connectivity index (χ2v) is 11.3. The number of ether oxygens (including phenoxy) is 1. The van der Waals surface area contributed by atoms with Gasteiger partial charge in [0.15, 0.2) is 0 Å². The Bertz CT molecular complexity index is 441. The molecule has 0 bridgehead atoms. The molecule has 3 atom stereocenters. The summed E-state index contributed by atoms with van der Waals surface area (Å²) in [6.07, 6.45) is 4.36. The molecule has 0 aromatic carbocycles. The summed E-state index contributed by atoms with van der Waals surface area (Å²) in [5.74, 6) is 1.28. The molecule has 0 amide bonds. The fourth-order valence-electron chi connectivity index (χ4n) is 4.25. The van der Waals surface area contributed by atoms with Gasteiger partial charge < -0.3 is 4.74 Å². The van der Waals surface area contributed by atoms with Gasteiger partial charge in [0.2, 0.25) is 0 Å². The van der Waals surface area contributed by atoms with E-state index >= 15 is 0 Å². The SMILES string of the molecule is CC(C)(C)C1CC(OC(=O)C2(C)CC2(C)C)CC(C(C)(C)C)C1. The fraction of sp³-hybridized carbons (Fsp3) is 0.952. The third-order valence-corrected chi connectivity index (χ3v) is 7.00. The van der Waals surface area contributed by atoms with Gasteiger partial charge in [-0.15, -0.1) is 0 Å². The molecule has 0 spiro atoms. The molecule has 2 saturated carbocycles. The van der Waals surface area contributed by atoms with Crippen molar-refractivity contribution in [2.24, 2.45) is 33.5 Å². The minimum atomic E-state index is -0.265. The highest BCUT2D eigenvalue weighted by Gasteiger charge is 2.64. The van der Waals surface area contributed by atoms with Gasteiger partial charge in [-0.1, -0.05) is 55.4 Å². The lowest BCUT2D eigenvalue weighted by Gasteiger charge is -2.45. The number of carbonyl (C=O) groups is 1. The highest BCUT2D eigenvalue weighted by molar-refractivity contribution is 5.81. The number of rotatable bonds is 2. The smallest absolute Gasteiger partial charge is 0.312 e. The number of carbonyl (C=O) groups excluding carboxylic acids is 1. The molecule has 2 aliphatic carbocycles. The molecule has 2 heteroatoms. The Kier molecular flexibility index (Phi) is 4.49. The van der Waals surface area contributed by atoms with Crippen LogP contribution in [0.5, 0.6) is 0 Å².